The zero-order valence-electron chi connectivity index (χ0n) is 11.7. The van der Waals surface area contributed by atoms with Gasteiger partial charge in [-0.15, -0.1) is 0 Å². The van der Waals surface area contributed by atoms with E-state index in [2.05, 4.69) is 16.3 Å². The molecule has 0 bridgehead atoms. The molecule has 5 heteroatoms. The number of carbonyl (C=O) groups is 1. The van der Waals surface area contributed by atoms with Crippen molar-refractivity contribution in [3.05, 3.63) is 29.8 Å². The van der Waals surface area contributed by atoms with E-state index < -0.39 is 0 Å². The van der Waals surface area contributed by atoms with Gasteiger partial charge in [-0.3, -0.25) is 4.90 Å². The Morgan fingerprint density at radius 3 is 2.90 bits per heavy atom. The summed E-state index contributed by atoms with van der Waals surface area (Å²) in [6.07, 6.45) is 2.54. The number of nitrogens with zero attached hydrogens (tertiary/aromatic N) is 2. The molecule has 0 spiro atoms. The third-order valence-corrected chi connectivity index (χ3v) is 4.00. The maximum atomic E-state index is 11.6. The highest BCUT2D eigenvalue weighted by Crippen LogP contribution is 2.28. The zero-order valence-corrected chi connectivity index (χ0v) is 11.7. The van der Waals surface area contributed by atoms with Crippen molar-refractivity contribution in [1.29, 1.82) is 0 Å². The van der Waals surface area contributed by atoms with Crippen LogP contribution in [0.2, 0.25) is 0 Å². The minimum Gasteiger partial charge on any atom is -0.399 e. The van der Waals surface area contributed by atoms with Gasteiger partial charge in [-0.05, 0) is 30.5 Å². The normalized spacial score (nSPS) is 18.6. The predicted molar refractivity (Wildman–Crippen MR) is 79.3 cm³/mol. The topological polar surface area (TPSA) is 61.6 Å². The third-order valence-electron chi connectivity index (χ3n) is 4.00. The molecule has 0 radical (unpaired) electrons. The van der Waals surface area contributed by atoms with Gasteiger partial charge in [0.15, 0.2) is 0 Å². The molecule has 1 heterocycles. The number of urea groups is 1. The first-order valence-electron chi connectivity index (χ1n) is 7.33. The number of nitrogens with two attached hydrogens (primary N) is 1. The summed E-state index contributed by atoms with van der Waals surface area (Å²) in [6.45, 7) is 4.27. The van der Waals surface area contributed by atoms with Crippen molar-refractivity contribution in [3.8, 4) is 0 Å². The minimum atomic E-state index is 0.0738. The van der Waals surface area contributed by atoms with Crippen LogP contribution in [-0.2, 0) is 6.54 Å². The van der Waals surface area contributed by atoms with Crippen LogP contribution in [0.1, 0.15) is 18.4 Å². The Morgan fingerprint density at radius 1 is 1.40 bits per heavy atom. The summed E-state index contributed by atoms with van der Waals surface area (Å²) in [5.74, 6) is 0. The van der Waals surface area contributed by atoms with E-state index >= 15 is 0 Å². The van der Waals surface area contributed by atoms with Crippen molar-refractivity contribution >= 4 is 11.7 Å². The molecule has 1 aromatic rings. The molecule has 5 nitrogen and oxygen atoms in total. The minimum absolute atomic E-state index is 0.0738. The second-order valence-corrected chi connectivity index (χ2v) is 5.67. The van der Waals surface area contributed by atoms with E-state index in [0.717, 1.165) is 38.4 Å². The molecule has 2 fully saturated rings. The highest BCUT2D eigenvalue weighted by atomic mass is 16.2. The van der Waals surface area contributed by atoms with Gasteiger partial charge in [0.2, 0.25) is 0 Å². The molecular formula is C15H22N4O. The molecule has 2 aliphatic rings. The molecule has 20 heavy (non-hydrogen) atoms. The van der Waals surface area contributed by atoms with Crippen LogP contribution in [0, 0.1) is 0 Å². The first kappa shape index (κ1) is 13.2. The lowest BCUT2D eigenvalue weighted by molar-refractivity contribution is 0.195. The largest absolute Gasteiger partial charge is 0.399 e. The molecule has 3 N–H and O–H groups in total. The monoisotopic (exact) mass is 274 g/mol. The Kier molecular flexibility index (Phi) is 3.78. The lowest BCUT2D eigenvalue weighted by atomic mass is 10.2. The van der Waals surface area contributed by atoms with Crippen LogP contribution in [0.25, 0.3) is 0 Å². The molecule has 1 saturated carbocycles. The lowest BCUT2D eigenvalue weighted by Gasteiger charge is -2.25. The number of hydrogen-bond acceptors (Lipinski definition) is 3. The highest BCUT2D eigenvalue weighted by Gasteiger charge is 2.30. The maximum absolute atomic E-state index is 11.6. The van der Waals surface area contributed by atoms with Crippen LogP contribution < -0.4 is 11.1 Å². The molecule has 1 aliphatic heterocycles. The van der Waals surface area contributed by atoms with E-state index in [0.29, 0.717) is 6.04 Å². The quantitative estimate of drug-likeness (QED) is 0.768. The van der Waals surface area contributed by atoms with Crippen LogP contribution >= 0.6 is 0 Å². The highest BCUT2D eigenvalue weighted by molar-refractivity contribution is 5.76. The van der Waals surface area contributed by atoms with Gasteiger partial charge in [0.05, 0.1) is 0 Å². The number of anilines is 1. The molecule has 3 rings (SSSR count). The van der Waals surface area contributed by atoms with Gasteiger partial charge in [0, 0.05) is 44.5 Å². The van der Waals surface area contributed by atoms with E-state index in [-0.39, 0.29) is 6.03 Å². The van der Waals surface area contributed by atoms with Crippen LogP contribution in [0.4, 0.5) is 10.5 Å². The van der Waals surface area contributed by atoms with Crippen LogP contribution in [0.5, 0.6) is 0 Å². The van der Waals surface area contributed by atoms with Crippen molar-refractivity contribution in [1.82, 2.24) is 15.1 Å². The maximum Gasteiger partial charge on any atom is 0.317 e. The van der Waals surface area contributed by atoms with Gasteiger partial charge in [-0.2, -0.15) is 0 Å². The Hall–Kier alpha value is -1.75. The molecule has 2 amide bonds. The third kappa shape index (κ3) is 3.22. The summed E-state index contributed by atoms with van der Waals surface area (Å²) in [6, 6.07) is 8.84. The Balaban J connectivity index is 1.57. The number of nitrogen functional groups attached to an aromatic ring is 1. The van der Waals surface area contributed by atoms with Gasteiger partial charge < -0.3 is 16.0 Å². The van der Waals surface area contributed by atoms with Gasteiger partial charge in [-0.25, -0.2) is 4.79 Å². The SMILES string of the molecule is Nc1cccc(CN(CCN2CCNC2=O)C2CC2)c1. The Morgan fingerprint density at radius 2 is 2.25 bits per heavy atom. The molecule has 1 saturated heterocycles. The summed E-state index contributed by atoms with van der Waals surface area (Å²) in [5.41, 5.74) is 7.91. The molecular weight excluding hydrogens is 252 g/mol. The molecule has 0 atom stereocenters. The van der Waals surface area contributed by atoms with Crippen LogP contribution in [-0.4, -0.2) is 48.1 Å². The number of hydrogen-bond donors (Lipinski definition) is 2. The van der Waals surface area contributed by atoms with Crippen LogP contribution in [0.3, 0.4) is 0 Å². The van der Waals surface area contributed by atoms with E-state index in [1.165, 1.54) is 18.4 Å². The average Bonchev–Trinajstić information content (AvgIpc) is 3.18. The molecule has 0 aromatic heterocycles. The summed E-state index contributed by atoms with van der Waals surface area (Å²) in [5, 5.41) is 2.85. The van der Waals surface area contributed by atoms with E-state index in [4.69, 9.17) is 5.73 Å². The second-order valence-electron chi connectivity index (χ2n) is 5.67. The molecule has 1 aliphatic carbocycles. The number of benzene rings is 1. The van der Waals surface area contributed by atoms with Crippen molar-refractivity contribution < 1.29 is 4.79 Å². The summed E-state index contributed by atoms with van der Waals surface area (Å²) < 4.78 is 0. The zero-order chi connectivity index (χ0) is 13.9. The van der Waals surface area contributed by atoms with Crippen molar-refractivity contribution in [2.24, 2.45) is 0 Å². The molecule has 1 aromatic carbocycles. The van der Waals surface area contributed by atoms with E-state index in [9.17, 15) is 4.79 Å². The van der Waals surface area contributed by atoms with Crippen molar-refractivity contribution in [2.45, 2.75) is 25.4 Å². The number of nitrogens with one attached hydrogen (secondary N) is 1. The van der Waals surface area contributed by atoms with E-state index in [1.807, 2.05) is 23.1 Å². The molecule has 108 valence electrons. The van der Waals surface area contributed by atoms with Crippen molar-refractivity contribution in [2.75, 3.05) is 31.9 Å². The summed E-state index contributed by atoms with van der Waals surface area (Å²) >= 11 is 0. The fourth-order valence-corrected chi connectivity index (χ4v) is 2.73. The van der Waals surface area contributed by atoms with Gasteiger partial charge in [0.25, 0.3) is 0 Å². The Labute approximate surface area is 119 Å². The molecule has 0 unspecified atom stereocenters. The smallest absolute Gasteiger partial charge is 0.317 e. The second kappa shape index (κ2) is 5.71. The fraction of sp³-hybridized carbons (Fsp3) is 0.533. The van der Waals surface area contributed by atoms with Crippen molar-refractivity contribution in [3.63, 3.8) is 0 Å². The predicted octanol–water partition coefficient (Wildman–Crippen LogP) is 1.26. The van der Waals surface area contributed by atoms with Gasteiger partial charge in [-0.1, -0.05) is 12.1 Å². The van der Waals surface area contributed by atoms with Crippen LogP contribution in [0.15, 0.2) is 24.3 Å². The Bertz CT molecular complexity index is 487. The lowest BCUT2D eigenvalue weighted by Crippen LogP contribution is -2.37. The first-order chi connectivity index (χ1) is 9.72. The number of carbonyl (C=O) groups excluding carboxylic acids is 1. The van der Waals surface area contributed by atoms with Gasteiger partial charge in [0.1, 0.15) is 0 Å². The van der Waals surface area contributed by atoms with Gasteiger partial charge >= 0.3 is 6.03 Å². The number of rotatable bonds is 6. The summed E-state index contributed by atoms with van der Waals surface area (Å²) in [4.78, 5) is 15.9. The summed E-state index contributed by atoms with van der Waals surface area (Å²) in [7, 11) is 0. The number of amides is 2. The first-order valence-corrected chi connectivity index (χ1v) is 7.33. The van der Waals surface area contributed by atoms with E-state index in [1.54, 1.807) is 0 Å². The standard InChI is InChI=1S/C15H22N4O/c16-13-3-1-2-12(10-13)11-19(14-4-5-14)9-8-18-7-6-17-15(18)20/h1-3,10,14H,4-9,11,16H2,(H,17,20). The average molecular weight is 274 g/mol. The fourth-order valence-electron chi connectivity index (χ4n) is 2.73.